The summed E-state index contributed by atoms with van der Waals surface area (Å²) in [6.07, 6.45) is 1.39. The molecule has 3 rings (SSSR count). The van der Waals surface area contributed by atoms with Gasteiger partial charge in [0.05, 0.1) is 18.7 Å². The number of carbonyl (C=O) groups excluding carboxylic acids is 2. The van der Waals surface area contributed by atoms with Gasteiger partial charge in [-0.15, -0.1) is 0 Å². The molecule has 23 heavy (non-hydrogen) atoms. The van der Waals surface area contributed by atoms with E-state index in [2.05, 4.69) is 0 Å². The summed E-state index contributed by atoms with van der Waals surface area (Å²) in [6.45, 7) is 2.10. The van der Waals surface area contributed by atoms with Crippen molar-refractivity contribution in [1.29, 1.82) is 0 Å². The van der Waals surface area contributed by atoms with Crippen LogP contribution in [0.3, 0.4) is 0 Å². The van der Waals surface area contributed by atoms with Crippen LogP contribution in [0.2, 0.25) is 0 Å². The first kappa shape index (κ1) is 15.5. The average molecular weight is 315 g/mol. The molecule has 0 N–H and O–H groups in total. The molecule has 5 heteroatoms. The number of benzene rings is 1. The van der Waals surface area contributed by atoms with E-state index in [4.69, 9.17) is 4.74 Å². The maximum absolute atomic E-state index is 13.4. The monoisotopic (exact) mass is 315 g/mol. The van der Waals surface area contributed by atoms with Gasteiger partial charge in [-0.2, -0.15) is 0 Å². The topological polar surface area (TPSA) is 48.3 Å². The third-order valence-electron chi connectivity index (χ3n) is 4.23. The number of hydrogen-bond donors (Lipinski definition) is 0. The minimum Gasteiger partial charge on any atom is -0.466 e. The quantitative estimate of drug-likeness (QED) is 0.818. The van der Waals surface area contributed by atoms with Gasteiger partial charge in [0.15, 0.2) is 0 Å². The third-order valence-corrected chi connectivity index (χ3v) is 4.23. The molecule has 4 nitrogen and oxygen atoms in total. The molecule has 1 aromatic heterocycles. The van der Waals surface area contributed by atoms with Crippen molar-refractivity contribution in [3.05, 3.63) is 58.2 Å². The fourth-order valence-electron chi connectivity index (χ4n) is 3.13. The fraction of sp³-hybridized carbons (Fsp3) is 0.333. The van der Waals surface area contributed by atoms with Gasteiger partial charge in [-0.25, -0.2) is 4.39 Å². The van der Waals surface area contributed by atoms with Crippen molar-refractivity contribution in [1.82, 2.24) is 4.57 Å². The molecule has 0 bridgehead atoms. The summed E-state index contributed by atoms with van der Waals surface area (Å²) >= 11 is 0. The molecule has 1 aliphatic carbocycles. The molecule has 0 atom stereocenters. The number of aryl methyl sites for hydroxylation is 2. The van der Waals surface area contributed by atoms with E-state index in [9.17, 15) is 14.0 Å². The van der Waals surface area contributed by atoms with Gasteiger partial charge in [-0.1, -0.05) is 0 Å². The van der Waals surface area contributed by atoms with E-state index >= 15 is 0 Å². The van der Waals surface area contributed by atoms with Gasteiger partial charge in [-0.3, -0.25) is 9.59 Å². The number of fused-ring (bicyclic) bond motifs is 2. The molecular weight excluding hydrogens is 297 g/mol. The predicted octanol–water partition coefficient (Wildman–Crippen LogP) is 2.60. The van der Waals surface area contributed by atoms with E-state index in [0.717, 1.165) is 16.8 Å². The number of halogens is 1. The number of rotatable bonds is 3. The second-order valence-corrected chi connectivity index (χ2v) is 5.68. The van der Waals surface area contributed by atoms with Crippen LogP contribution in [0.4, 0.5) is 4.39 Å². The Kier molecular flexibility index (Phi) is 4.03. The molecule has 120 valence electrons. The highest BCUT2D eigenvalue weighted by Gasteiger charge is 2.26. The van der Waals surface area contributed by atoms with Crippen molar-refractivity contribution in [3.63, 3.8) is 0 Å². The van der Waals surface area contributed by atoms with Crippen LogP contribution in [0.25, 0.3) is 0 Å². The first-order valence-corrected chi connectivity index (χ1v) is 7.67. The maximum Gasteiger partial charge on any atom is 0.311 e. The summed E-state index contributed by atoms with van der Waals surface area (Å²) in [5.74, 6) is -0.756. The Balaban J connectivity index is 2.00. The molecule has 0 saturated heterocycles. The van der Waals surface area contributed by atoms with Crippen molar-refractivity contribution in [2.45, 2.75) is 26.2 Å². The van der Waals surface area contributed by atoms with E-state index in [0.29, 0.717) is 30.7 Å². The van der Waals surface area contributed by atoms with E-state index in [1.54, 1.807) is 24.6 Å². The molecule has 0 fully saturated rings. The van der Waals surface area contributed by atoms with Gasteiger partial charge in [0.25, 0.3) is 0 Å². The second-order valence-electron chi connectivity index (χ2n) is 5.68. The Morgan fingerprint density at radius 2 is 2.00 bits per heavy atom. The lowest BCUT2D eigenvalue weighted by Gasteiger charge is -2.09. The van der Waals surface area contributed by atoms with Crippen LogP contribution in [0.1, 0.15) is 39.8 Å². The highest BCUT2D eigenvalue weighted by molar-refractivity contribution is 6.10. The minimum absolute atomic E-state index is 0.120. The van der Waals surface area contributed by atoms with Crippen LogP contribution < -0.4 is 0 Å². The summed E-state index contributed by atoms with van der Waals surface area (Å²) < 4.78 is 20.1. The van der Waals surface area contributed by atoms with Gasteiger partial charge >= 0.3 is 5.97 Å². The first-order chi connectivity index (χ1) is 11.0. The summed E-state index contributed by atoms with van der Waals surface area (Å²) in [7, 11) is 1.78. The molecule has 0 aliphatic heterocycles. The van der Waals surface area contributed by atoms with Crippen LogP contribution in [-0.4, -0.2) is 22.9 Å². The summed E-state index contributed by atoms with van der Waals surface area (Å²) in [4.78, 5) is 24.5. The standard InChI is InChI=1S/C18H18FNO3/c1-3-23-16(21)10-14-9-12-5-4-11-8-13(19)6-7-15(11)18(22)17(12)20(14)2/h6-9H,3-5,10H2,1-2H3. The molecular formula is C18H18FNO3. The Hall–Kier alpha value is -2.43. The van der Waals surface area contributed by atoms with Gasteiger partial charge in [0.2, 0.25) is 5.78 Å². The van der Waals surface area contributed by atoms with E-state index < -0.39 is 0 Å². The zero-order chi connectivity index (χ0) is 16.6. The Bertz CT molecular complexity index is 792. The van der Waals surface area contributed by atoms with Gasteiger partial charge in [0.1, 0.15) is 5.82 Å². The van der Waals surface area contributed by atoms with Crippen LogP contribution in [0.15, 0.2) is 24.3 Å². The number of esters is 1. The van der Waals surface area contributed by atoms with Gasteiger partial charge in [-0.05, 0) is 55.2 Å². The molecule has 1 aliphatic rings. The van der Waals surface area contributed by atoms with Crippen LogP contribution >= 0.6 is 0 Å². The second kappa shape index (κ2) is 5.99. The zero-order valence-corrected chi connectivity index (χ0v) is 13.2. The van der Waals surface area contributed by atoms with Crippen molar-refractivity contribution in [2.24, 2.45) is 7.05 Å². The van der Waals surface area contributed by atoms with Gasteiger partial charge in [0, 0.05) is 18.3 Å². The number of nitrogens with zero attached hydrogens (tertiary/aromatic N) is 1. The molecule has 0 saturated carbocycles. The van der Waals surface area contributed by atoms with E-state index in [1.165, 1.54) is 12.1 Å². The van der Waals surface area contributed by atoms with Gasteiger partial charge < -0.3 is 9.30 Å². The lowest BCUT2D eigenvalue weighted by Crippen LogP contribution is -2.14. The zero-order valence-electron chi connectivity index (χ0n) is 13.2. The number of aromatic nitrogens is 1. The SMILES string of the molecule is CCOC(=O)Cc1cc2c(n1C)C(=O)c1ccc(F)cc1CC2. The predicted molar refractivity (Wildman–Crippen MR) is 83.0 cm³/mol. The number of ketones is 1. The molecule has 1 aromatic carbocycles. The number of carbonyl (C=O) groups is 2. The Morgan fingerprint density at radius 3 is 2.74 bits per heavy atom. The van der Waals surface area contributed by atoms with Crippen molar-refractivity contribution in [2.75, 3.05) is 6.61 Å². The summed E-state index contributed by atoms with van der Waals surface area (Å²) in [5, 5.41) is 0. The molecule has 0 amide bonds. The smallest absolute Gasteiger partial charge is 0.311 e. The lowest BCUT2D eigenvalue weighted by atomic mass is 10.0. The van der Waals surface area contributed by atoms with Crippen molar-refractivity contribution >= 4 is 11.8 Å². The van der Waals surface area contributed by atoms with E-state index in [1.807, 2.05) is 6.07 Å². The number of ether oxygens (including phenoxy) is 1. The number of hydrogen-bond acceptors (Lipinski definition) is 3. The maximum atomic E-state index is 13.4. The first-order valence-electron chi connectivity index (χ1n) is 7.67. The molecule has 0 radical (unpaired) electrons. The Morgan fingerprint density at radius 1 is 1.26 bits per heavy atom. The highest BCUT2D eigenvalue weighted by Crippen LogP contribution is 2.27. The lowest BCUT2D eigenvalue weighted by molar-refractivity contribution is -0.142. The van der Waals surface area contributed by atoms with Crippen LogP contribution in [0, 0.1) is 5.82 Å². The highest BCUT2D eigenvalue weighted by atomic mass is 19.1. The molecule has 2 aromatic rings. The normalized spacial score (nSPS) is 13.3. The van der Waals surface area contributed by atoms with E-state index in [-0.39, 0.29) is 24.0 Å². The Labute approximate surface area is 133 Å². The third kappa shape index (κ3) is 2.79. The largest absolute Gasteiger partial charge is 0.466 e. The van der Waals surface area contributed by atoms with Crippen molar-refractivity contribution in [3.8, 4) is 0 Å². The molecule has 1 heterocycles. The van der Waals surface area contributed by atoms with Crippen LogP contribution in [-0.2, 0) is 35.8 Å². The molecule has 0 spiro atoms. The molecule has 0 unspecified atom stereocenters. The minimum atomic E-state index is -0.328. The van der Waals surface area contributed by atoms with Crippen LogP contribution in [0.5, 0.6) is 0 Å². The average Bonchev–Trinajstić information content (AvgIpc) is 2.73. The van der Waals surface area contributed by atoms with Crippen molar-refractivity contribution < 1.29 is 18.7 Å². The summed E-state index contributed by atoms with van der Waals surface area (Å²) in [6, 6.07) is 6.16. The summed E-state index contributed by atoms with van der Waals surface area (Å²) in [5.41, 5.74) is 3.50. The fourth-order valence-corrected chi connectivity index (χ4v) is 3.13.